The van der Waals surface area contributed by atoms with E-state index < -0.39 is 81.0 Å². The summed E-state index contributed by atoms with van der Waals surface area (Å²) in [5.74, 6) is -7.86. The highest BCUT2D eigenvalue weighted by Crippen LogP contribution is 2.53. The topological polar surface area (TPSA) is 219 Å². The molecule has 1 aromatic carbocycles. The molecular weight excluding hydrogens is 541 g/mol. The van der Waals surface area contributed by atoms with Gasteiger partial charge >= 0.3 is 0 Å². The first-order valence-corrected chi connectivity index (χ1v) is 13.0. The third-order valence-electron chi connectivity index (χ3n) is 7.99. The van der Waals surface area contributed by atoms with Crippen molar-refractivity contribution < 1.29 is 43.9 Å². The lowest BCUT2D eigenvalue weighted by atomic mass is 9.58. The summed E-state index contributed by atoms with van der Waals surface area (Å²) in [6.45, 7) is 0.802. The Kier molecular flexibility index (Phi) is 8.23. The van der Waals surface area contributed by atoms with Gasteiger partial charge < -0.3 is 46.9 Å². The molecule has 13 nitrogen and oxygen atoms in total. The molecule has 3 aliphatic rings. The fourth-order valence-electron chi connectivity index (χ4n) is 6.16. The highest BCUT2D eigenvalue weighted by atomic mass is 19.1. The zero-order valence-corrected chi connectivity index (χ0v) is 22.9. The Morgan fingerprint density at radius 2 is 1.98 bits per heavy atom. The van der Waals surface area contributed by atoms with E-state index in [2.05, 4.69) is 10.6 Å². The summed E-state index contributed by atoms with van der Waals surface area (Å²) < 4.78 is 20.3. The summed E-state index contributed by atoms with van der Waals surface area (Å²) in [4.78, 5) is 39.7. The first-order valence-electron chi connectivity index (χ1n) is 13.0. The number of allylic oxidation sites excluding steroid dienone is 1. The third-order valence-corrected chi connectivity index (χ3v) is 7.99. The number of aliphatic hydroxyl groups excluding tert-OH is 2. The molecule has 2 amide bonds. The number of phenols is 1. The Balaban J connectivity index is 1.74. The van der Waals surface area contributed by atoms with E-state index in [1.54, 1.807) is 21.2 Å². The minimum Gasteiger partial charge on any atom is -0.510 e. The zero-order chi connectivity index (χ0) is 30.4. The quantitative estimate of drug-likeness (QED) is 0.148. The number of hydrogen-bond acceptors (Lipinski definition) is 11. The molecule has 1 aromatic rings. The van der Waals surface area contributed by atoms with Gasteiger partial charge in [0, 0.05) is 36.8 Å². The molecule has 222 valence electrons. The predicted octanol–water partition coefficient (Wildman–Crippen LogP) is 0.275. The molecule has 4 rings (SSSR count). The largest absolute Gasteiger partial charge is 0.510 e. The number of fused-ring (bicyclic) bond motifs is 3. The Morgan fingerprint density at radius 3 is 2.59 bits per heavy atom. The lowest BCUT2D eigenvalue weighted by molar-refractivity contribution is -0.116. The number of aromatic hydroxyl groups is 1. The number of nitrogens with one attached hydrogen (secondary N) is 3. The van der Waals surface area contributed by atoms with Crippen molar-refractivity contribution in [2.45, 2.75) is 30.9 Å². The maximum absolute atomic E-state index is 15.3. The summed E-state index contributed by atoms with van der Waals surface area (Å²) in [6.07, 6.45) is 0.394. The van der Waals surface area contributed by atoms with Crippen LogP contribution in [-0.2, 0) is 20.7 Å². The fraction of sp³-hybridized carbons (Fsp3) is 0.481. The van der Waals surface area contributed by atoms with Crippen LogP contribution in [0.25, 0.3) is 0 Å². The summed E-state index contributed by atoms with van der Waals surface area (Å²) >= 11 is 0. The Labute approximate surface area is 235 Å². The number of nitrogens with zero attached hydrogens (tertiary/aromatic N) is 1. The monoisotopic (exact) mass is 575 g/mol. The molecule has 4 atom stereocenters. The van der Waals surface area contributed by atoms with Gasteiger partial charge in [0.15, 0.2) is 17.1 Å². The Morgan fingerprint density at radius 1 is 1.29 bits per heavy atom. The number of Topliss-reactive ketones (excluding diaryl/α,β-unsaturated/α-hetero) is 1. The summed E-state index contributed by atoms with van der Waals surface area (Å²) in [5.41, 5.74) is -0.0997. The van der Waals surface area contributed by atoms with Crippen molar-refractivity contribution in [2.75, 3.05) is 46.2 Å². The lowest BCUT2D eigenvalue weighted by Crippen LogP contribution is -2.63. The van der Waals surface area contributed by atoms with E-state index in [4.69, 9.17) is 15.9 Å². The minimum absolute atomic E-state index is 0.0875. The molecule has 9 N–H and O–H groups in total. The second-order valence-electron chi connectivity index (χ2n) is 10.7. The van der Waals surface area contributed by atoms with Gasteiger partial charge in [-0.05, 0) is 45.8 Å². The van der Waals surface area contributed by atoms with Crippen molar-refractivity contribution in [3.63, 3.8) is 0 Å². The van der Waals surface area contributed by atoms with Crippen LogP contribution in [0.15, 0.2) is 28.7 Å². The number of ether oxygens (including phenoxy) is 1. The Hall–Kier alpha value is -3.85. The number of methoxy groups -OCH3 is 1. The lowest BCUT2D eigenvalue weighted by Gasteiger charge is -2.51. The average Bonchev–Trinajstić information content (AvgIpc) is 2.88. The number of nitrogens with two attached hydrogens (primary N) is 1. The molecule has 0 aliphatic heterocycles. The van der Waals surface area contributed by atoms with Gasteiger partial charge in [0.25, 0.3) is 5.91 Å². The van der Waals surface area contributed by atoms with Gasteiger partial charge in [-0.2, -0.15) is 0 Å². The number of carbonyl (C=O) groups is 3. The van der Waals surface area contributed by atoms with Crippen molar-refractivity contribution in [2.24, 2.45) is 17.6 Å². The first kappa shape index (κ1) is 30.1. The number of primary amides is 1. The number of anilines is 1. The first-order chi connectivity index (χ1) is 19.3. The van der Waals surface area contributed by atoms with E-state index >= 15 is 4.39 Å². The van der Waals surface area contributed by atoms with Crippen LogP contribution in [0, 0.1) is 23.1 Å². The highest BCUT2D eigenvalue weighted by molar-refractivity contribution is 6.26. The van der Waals surface area contributed by atoms with Crippen LogP contribution in [0.5, 0.6) is 5.75 Å². The van der Waals surface area contributed by atoms with Crippen molar-refractivity contribution in [1.29, 1.82) is 5.41 Å². The second kappa shape index (κ2) is 11.2. The van der Waals surface area contributed by atoms with Crippen LogP contribution in [0.1, 0.15) is 28.8 Å². The molecule has 0 saturated carbocycles. The number of hydrogen-bond donors (Lipinski definition) is 8. The SMILES string of the molecule is COCCCNCC(=O)Nc1cc(F)c2c(c1O)C(=O)C1=C(O)[C@]3(O)C(=N)C(C(N)=O)=C(O)[C@@H](N(C)C)[C@@H]3C[C@@H]1C2. The van der Waals surface area contributed by atoms with Gasteiger partial charge in [0.2, 0.25) is 5.91 Å². The standard InChI is InChI=1S/C27H34FN5O8/c1-33(2)20-13-8-11-7-12-14(28)9-15(32-16(34)10-31-5-4-6-41-3)21(35)18(12)22(36)17(11)25(38)27(13,40)24(29)19(23(20)37)26(30)39/h9,11,13,20,29,31,35,37-38,40H,4-8,10H2,1-3H3,(H2,30,39)(H,32,34)/t11-,13-,20-,27+/m0/s1. The van der Waals surface area contributed by atoms with Gasteiger partial charge in [-0.25, -0.2) is 4.39 Å². The maximum Gasteiger partial charge on any atom is 0.254 e. The number of phenolic OH excluding ortho intramolecular Hbond substituents is 1. The van der Waals surface area contributed by atoms with Crippen LogP contribution in [0.3, 0.4) is 0 Å². The third kappa shape index (κ3) is 4.86. The van der Waals surface area contributed by atoms with Gasteiger partial charge in [0.05, 0.1) is 29.5 Å². The second-order valence-corrected chi connectivity index (χ2v) is 10.7. The Bertz CT molecular complexity index is 1390. The number of amides is 2. The molecule has 0 radical (unpaired) electrons. The smallest absolute Gasteiger partial charge is 0.254 e. The molecule has 0 fully saturated rings. The number of carbonyl (C=O) groups excluding carboxylic acids is 3. The molecule has 0 heterocycles. The molecule has 3 aliphatic carbocycles. The van der Waals surface area contributed by atoms with E-state index in [1.807, 2.05) is 0 Å². The van der Waals surface area contributed by atoms with Crippen molar-refractivity contribution in [3.8, 4) is 5.75 Å². The number of ketones is 1. The van der Waals surface area contributed by atoms with Crippen molar-refractivity contribution in [3.05, 3.63) is 45.7 Å². The van der Waals surface area contributed by atoms with Crippen LogP contribution in [0.2, 0.25) is 0 Å². The van der Waals surface area contributed by atoms with E-state index in [-0.39, 0.29) is 36.2 Å². The molecule has 0 saturated heterocycles. The van der Waals surface area contributed by atoms with Crippen LogP contribution < -0.4 is 16.4 Å². The van der Waals surface area contributed by atoms with Crippen LogP contribution >= 0.6 is 0 Å². The predicted molar refractivity (Wildman–Crippen MR) is 144 cm³/mol. The number of rotatable bonds is 9. The van der Waals surface area contributed by atoms with Gasteiger partial charge in [-0.1, -0.05) is 0 Å². The number of aliphatic hydroxyl groups is 3. The maximum atomic E-state index is 15.3. The minimum atomic E-state index is -2.58. The number of benzene rings is 1. The molecule has 0 unspecified atom stereocenters. The van der Waals surface area contributed by atoms with E-state index in [1.165, 1.54) is 4.90 Å². The normalized spacial score (nSPS) is 25.7. The summed E-state index contributed by atoms with van der Waals surface area (Å²) in [6, 6.07) is -0.166. The van der Waals surface area contributed by atoms with E-state index in [0.717, 1.165) is 6.07 Å². The number of halogens is 1. The summed E-state index contributed by atoms with van der Waals surface area (Å²) in [5, 5.41) is 58.7. The van der Waals surface area contributed by atoms with Gasteiger partial charge in [-0.15, -0.1) is 0 Å². The molecule has 41 heavy (non-hydrogen) atoms. The fourth-order valence-corrected chi connectivity index (χ4v) is 6.16. The molecule has 0 spiro atoms. The van der Waals surface area contributed by atoms with Gasteiger partial charge in [-0.3, -0.25) is 19.3 Å². The van der Waals surface area contributed by atoms with Crippen molar-refractivity contribution >= 4 is 29.0 Å². The molecular formula is C27H34FN5O8. The molecule has 0 aromatic heterocycles. The van der Waals surface area contributed by atoms with E-state index in [9.17, 15) is 34.8 Å². The zero-order valence-electron chi connectivity index (χ0n) is 22.9. The summed E-state index contributed by atoms with van der Waals surface area (Å²) in [7, 11) is 4.65. The van der Waals surface area contributed by atoms with Crippen LogP contribution in [0.4, 0.5) is 10.1 Å². The van der Waals surface area contributed by atoms with Gasteiger partial charge in [0.1, 0.15) is 22.9 Å². The molecule has 14 heteroatoms. The van der Waals surface area contributed by atoms with Crippen LogP contribution in [-0.4, -0.2) is 101 Å². The molecule has 0 bridgehead atoms. The van der Waals surface area contributed by atoms with E-state index in [0.29, 0.717) is 19.6 Å². The number of likely N-dealkylation sites (N-methyl/N-ethyl adjacent to an activating group) is 1. The average molecular weight is 576 g/mol. The van der Waals surface area contributed by atoms with Crippen molar-refractivity contribution in [1.82, 2.24) is 10.2 Å². The highest BCUT2D eigenvalue weighted by Gasteiger charge is 2.61.